The molecule has 7 rings (SSSR count). The van der Waals surface area contributed by atoms with Crippen LogP contribution in [-0.4, -0.2) is 29.7 Å². The average Bonchev–Trinajstić information content (AvgIpc) is 3.72. The van der Waals surface area contributed by atoms with Crippen LogP contribution < -0.4 is 15.8 Å². The van der Waals surface area contributed by atoms with Gasteiger partial charge in [0.25, 0.3) is 0 Å². The van der Waals surface area contributed by atoms with E-state index in [1.807, 2.05) is 35.8 Å². The first-order chi connectivity index (χ1) is 18.6. The number of aromatic nitrogens is 2. The quantitative estimate of drug-likeness (QED) is 0.268. The van der Waals surface area contributed by atoms with Crippen molar-refractivity contribution in [3.8, 4) is 0 Å². The van der Waals surface area contributed by atoms with Crippen LogP contribution in [0.25, 0.3) is 0 Å². The number of anilines is 2. The number of rotatable bonds is 5. The lowest BCUT2D eigenvalue weighted by molar-refractivity contribution is 0.0379. The molecule has 3 aliphatic rings. The molecule has 4 aromatic rings. The molecule has 38 heavy (non-hydrogen) atoms. The SMILES string of the molecule is Cc1ccc(C2(Nc3ccc4c(c3)Sc3cccc(C5CN(c6cc[nH]c(=O)c6)CCO5)c3S4)CC2)nc1. The van der Waals surface area contributed by atoms with Gasteiger partial charge >= 0.3 is 0 Å². The van der Waals surface area contributed by atoms with Crippen LogP contribution in [0.5, 0.6) is 0 Å². The standard InChI is InChI=1S/C30H28N4O2S2/c1-19-5-8-27(32-17-19)30(10-11-30)33-20-6-7-24-26(15-20)37-25-4-2-3-22(29(25)38-24)23-18-34(13-14-36-23)21-9-12-31-28(35)16-21/h2-9,12,15-17,23,33H,10-11,13-14,18H2,1H3,(H,31,35). The van der Waals surface area contributed by atoms with Crippen LogP contribution in [-0.2, 0) is 10.3 Å². The van der Waals surface area contributed by atoms with E-state index < -0.39 is 0 Å². The van der Waals surface area contributed by atoms with Gasteiger partial charge in [-0.15, -0.1) is 0 Å². The van der Waals surface area contributed by atoms with E-state index >= 15 is 0 Å². The number of aryl methyl sites for hydroxylation is 1. The molecule has 192 valence electrons. The molecule has 1 aliphatic carbocycles. The van der Waals surface area contributed by atoms with Gasteiger partial charge in [0.05, 0.1) is 17.8 Å². The molecular formula is C30H28N4O2S2. The Labute approximate surface area is 230 Å². The Morgan fingerprint density at radius 3 is 2.79 bits per heavy atom. The molecule has 1 unspecified atom stereocenters. The fraction of sp³-hybridized carbons (Fsp3) is 0.267. The maximum atomic E-state index is 11.9. The van der Waals surface area contributed by atoms with Crippen LogP contribution >= 0.6 is 23.5 Å². The van der Waals surface area contributed by atoms with Crippen molar-refractivity contribution in [1.29, 1.82) is 0 Å². The predicted molar refractivity (Wildman–Crippen MR) is 153 cm³/mol. The Bertz CT molecular complexity index is 1570. The molecule has 2 N–H and O–H groups in total. The second-order valence-electron chi connectivity index (χ2n) is 10.2. The number of hydrogen-bond acceptors (Lipinski definition) is 7. The lowest BCUT2D eigenvalue weighted by Crippen LogP contribution is -2.39. The monoisotopic (exact) mass is 540 g/mol. The van der Waals surface area contributed by atoms with E-state index in [4.69, 9.17) is 9.72 Å². The zero-order valence-corrected chi connectivity index (χ0v) is 22.7. The van der Waals surface area contributed by atoms with Gasteiger partial charge in [0.2, 0.25) is 5.56 Å². The molecule has 0 spiro atoms. The minimum absolute atomic E-state index is 0.0483. The second-order valence-corrected chi connectivity index (χ2v) is 12.3. The third-order valence-corrected chi connectivity index (χ3v) is 10.1. The number of aromatic amines is 1. The van der Waals surface area contributed by atoms with Crippen molar-refractivity contribution in [3.63, 3.8) is 0 Å². The van der Waals surface area contributed by atoms with E-state index in [-0.39, 0.29) is 17.2 Å². The molecule has 8 heteroatoms. The highest BCUT2D eigenvalue weighted by Gasteiger charge is 2.45. The number of nitrogens with one attached hydrogen (secondary N) is 2. The van der Waals surface area contributed by atoms with E-state index in [1.54, 1.807) is 12.3 Å². The van der Waals surface area contributed by atoms with Crippen molar-refractivity contribution in [1.82, 2.24) is 9.97 Å². The third kappa shape index (κ3) is 4.51. The molecule has 1 atom stereocenters. The van der Waals surface area contributed by atoms with E-state index in [0.717, 1.165) is 43.0 Å². The summed E-state index contributed by atoms with van der Waals surface area (Å²) in [4.78, 5) is 26.6. The molecule has 0 bridgehead atoms. The van der Waals surface area contributed by atoms with Crippen LogP contribution in [0.3, 0.4) is 0 Å². The topological polar surface area (TPSA) is 70.2 Å². The minimum Gasteiger partial charge on any atom is -0.374 e. The van der Waals surface area contributed by atoms with E-state index in [0.29, 0.717) is 6.61 Å². The molecule has 0 amide bonds. The first kappa shape index (κ1) is 23.9. The molecular weight excluding hydrogens is 512 g/mol. The summed E-state index contributed by atoms with van der Waals surface area (Å²) in [7, 11) is 0. The van der Waals surface area contributed by atoms with Crippen molar-refractivity contribution in [2.75, 3.05) is 29.9 Å². The molecule has 2 aromatic heterocycles. The predicted octanol–water partition coefficient (Wildman–Crippen LogP) is 6.37. The highest BCUT2D eigenvalue weighted by atomic mass is 32.2. The maximum absolute atomic E-state index is 11.9. The molecule has 0 radical (unpaired) electrons. The number of fused-ring (bicyclic) bond motifs is 2. The summed E-state index contributed by atoms with van der Waals surface area (Å²) >= 11 is 3.66. The van der Waals surface area contributed by atoms with Crippen LogP contribution in [0.4, 0.5) is 11.4 Å². The largest absolute Gasteiger partial charge is 0.374 e. The van der Waals surface area contributed by atoms with Crippen molar-refractivity contribution >= 4 is 34.9 Å². The number of nitrogens with zero attached hydrogens (tertiary/aromatic N) is 2. The Morgan fingerprint density at radius 1 is 1.05 bits per heavy atom. The molecule has 4 heterocycles. The highest BCUT2D eigenvalue weighted by Crippen LogP contribution is 2.53. The summed E-state index contributed by atoms with van der Waals surface area (Å²) in [6.45, 7) is 4.20. The second kappa shape index (κ2) is 9.52. The smallest absolute Gasteiger partial charge is 0.249 e. The summed E-state index contributed by atoms with van der Waals surface area (Å²) in [6.07, 6.45) is 5.82. The molecule has 2 fully saturated rings. The van der Waals surface area contributed by atoms with Crippen LogP contribution in [0.15, 0.2) is 97.4 Å². The van der Waals surface area contributed by atoms with Gasteiger partial charge in [0, 0.05) is 62.5 Å². The van der Waals surface area contributed by atoms with Crippen LogP contribution in [0.2, 0.25) is 0 Å². The van der Waals surface area contributed by atoms with Gasteiger partial charge in [-0.1, -0.05) is 41.7 Å². The summed E-state index contributed by atoms with van der Waals surface area (Å²) in [6, 6.07) is 21.1. The van der Waals surface area contributed by atoms with Crippen LogP contribution in [0, 0.1) is 6.92 Å². The number of H-pyrrole nitrogens is 1. The fourth-order valence-electron chi connectivity index (χ4n) is 5.25. The number of morpholine rings is 1. The lowest BCUT2D eigenvalue weighted by Gasteiger charge is -2.36. The first-order valence-corrected chi connectivity index (χ1v) is 14.6. The van der Waals surface area contributed by atoms with Gasteiger partial charge in [0.15, 0.2) is 0 Å². The molecule has 2 aliphatic heterocycles. The van der Waals surface area contributed by atoms with Crippen molar-refractivity contribution in [2.45, 2.75) is 51.0 Å². The lowest BCUT2D eigenvalue weighted by atomic mass is 10.1. The van der Waals surface area contributed by atoms with Crippen molar-refractivity contribution in [3.05, 3.63) is 100 Å². The molecule has 6 nitrogen and oxygen atoms in total. The molecule has 2 aromatic carbocycles. The normalized spacial score (nSPS) is 19.4. The van der Waals surface area contributed by atoms with Gasteiger partial charge < -0.3 is 19.9 Å². The number of benzene rings is 2. The van der Waals surface area contributed by atoms with E-state index in [2.05, 4.69) is 70.7 Å². The third-order valence-electron chi connectivity index (χ3n) is 7.46. The summed E-state index contributed by atoms with van der Waals surface area (Å²) in [5.41, 5.74) is 5.47. The van der Waals surface area contributed by atoms with Gasteiger partial charge in [-0.2, -0.15) is 0 Å². The van der Waals surface area contributed by atoms with E-state index in [9.17, 15) is 4.79 Å². The Kier molecular flexibility index (Phi) is 5.98. The minimum atomic E-state index is -0.0808. The Hall–Kier alpha value is -3.20. The molecule has 1 saturated carbocycles. The Balaban J connectivity index is 1.12. The zero-order chi connectivity index (χ0) is 25.7. The zero-order valence-electron chi connectivity index (χ0n) is 21.1. The van der Waals surface area contributed by atoms with Gasteiger partial charge in [-0.05, 0) is 67.3 Å². The van der Waals surface area contributed by atoms with Gasteiger partial charge in [-0.3, -0.25) is 9.78 Å². The maximum Gasteiger partial charge on any atom is 0.249 e. The summed E-state index contributed by atoms with van der Waals surface area (Å²) in [5, 5.41) is 3.79. The highest BCUT2D eigenvalue weighted by molar-refractivity contribution is 8.05. The summed E-state index contributed by atoms with van der Waals surface area (Å²) in [5.74, 6) is 0. The van der Waals surface area contributed by atoms with Gasteiger partial charge in [-0.25, -0.2) is 0 Å². The number of ether oxygens (including phenoxy) is 1. The number of hydrogen-bond donors (Lipinski definition) is 2. The van der Waals surface area contributed by atoms with E-state index in [1.165, 1.54) is 30.7 Å². The number of pyridine rings is 2. The summed E-state index contributed by atoms with van der Waals surface area (Å²) < 4.78 is 6.26. The van der Waals surface area contributed by atoms with Crippen LogP contribution in [0.1, 0.15) is 35.8 Å². The van der Waals surface area contributed by atoms with Gasteiger partial charge in [0.1, 0.15) is 6.10 Å². The first-order valence-electron chi connectivity index (χ1n) is 13.0. The molecule has 1 saturated heterocycles. The Morgan fingerprint density at radius 2 is 1.97 bits per heavy atom. The van der Waals surface area contributed by atoms with Crippen molar-refractivity contribution in [2.24, 2.45) is 0 Å². The fourth-order valence-corrected chi connectivity index (χ4v) is 7.70. The van der Waals surface area contributed by atoms with Crippen molar-refractivity contribution < 1.29 is 4.74 Å². The average molecular weight is 541 g/mol.